The van der Waals surface area contributed by atoms with E-state index >= 15 is 0 Å². The number of hydrogen-bond acceptors (Lipinski definition) is 3. The van der Waals surface area contributed by atoms with Crippen molar-refractivity contribution in [2.45, 2.75) is 0 Å². The van der Waals surface area contributed by atoms with Gasteiger partial charge in [-0.3, -0.25) is 14.1 Å². The number of rotatable bonds is 2. The van der Waals surface area contributed by atoms with Gasteiger partial charge in [0.15, 0.2) is 0 Å². The molecule has 5 nitrogen and oxygen atoms in total. The number of benzene rings is 2. The number of pyridine rings is 1. The van der Waals surface area contributed by atoms with Crippen LogP contribution < -0.4 is 0 Å². The Morgan fingerprint density at radius 2 is 1.54 bits per heavy atom. The summed E-state index contributed by atoms with van der Waals surface area (Å²) in [6, 6.07) is 20.1. The SMILES string of the molecule is c1cncc(-n2c(-n3cnc4ccccc43)nc3ccccc32)c1. The van der Waals surface area contributed by atoms with Crippen LogP contribution in [0.5, 0.6) is 0 Å². The van der Waals surface area contributed by atoms with Crippen LogP contribution in [-0.4, -0.2) is 24.1 Å². The first kappa shape index (κ1) is 13.0. The smallest absolute Gasteiger partial charge is 0.221 e. The number of hydrogen-bond donors (Lipinski definition) is 0. The molecule has 0 fully saturated rings. The minimum Gasteiger partial charge on any atom is -0.277 e. The maximum absolute atomic E-state index is 4.84. The summed E-state index contributed by atoms with van der Waals surface area (Å²) in [7, 11) is 0. The van der Waals surface area contributed by atoms with Gasteiger partial charge in [-0.05, 0) is 36.4 Å². The van der Waals surface area contributed by atoms with Crippen molar-refractivity contribution >= 4 is 22.1 Å². The zero-order chi connectivity index (χ0) is 15.9. The van der Waals surface area contributed by atoms with Gasteiger partial charge in [0.05, 0.1) is 34.0 Å². The van der Waals surface area contributed by atoms with Gasteiger partial charge in [-0.2, -0.15) is 0 Å². The second kappa shape index (κ2) is 5.03. The highest BCUT2D eigenvalue weighted by molar-refractivity contribution is 5.82. The van der Waals surface area contributed by atoms with Crippen LogP contribution in [0.4, 0.5) is 0 Å². The molecule has 3 aromatic heterocycles. The van der Waals surface area contributed by atoms with Crippen molar-refractivity contribution in [1.82, 2.24) is 24.1 Å². The first-order valence-electron chi connectivity index (χ1n) is 7.72. The Morgan fingerprint density at radius 1 is 0.750 bits per heavy atom. The van der Waals surface area contributed by atoms with E-state index < -0.39 is 0 Å². The molecule has 24 heavy (non-hydrogen) atoms. The Morgan fingerprint density at radius 3 is 2.38 bits per heavy atom. The Hall–Kier alpha value is -3.47. The van der Waals surface area contributed by atoms with Crippen LogP contribution in [0.3, 0.4) is 0 Å². The van der Waals surface area contributed by atoms with Gasteiger partial charge < -0.3 is 0 Å². The number of imidazole rings is 2. The first-order chi connectivity index (χ1) is 11.9. The standard InChI is InChI=1S/C19H13N5/c1-3-9-17-15(7-1)21-13-23(17)19-22-16-8-2-4-10-18(16)24(19)14-6-5-11-20-12-14/h1-13H. The molecule has 0 saturated heterocycles. The van der Waals surface area contributed by atoms with E-state index in [9.17, 15) is 0 Å². The van der Waals surface area contributed by atoms with Crippen LogP contribution >= 0.6 is 0 Å². The molecule has 0 spiro atoms. The first-order valence-corrected chi connectivity index (χ1v) is 7.72. The molecule has 0 saturated carbocycles. The van der Waals surface area contributed by atoms with Gasteiger partial charge >= 0.3 is 0 Å². The maximum atomic E-state index is 4.84. The van der Waals surface area contributed by atoms with Crippen molar-refractivity contribution in [3.8, 4) is 11.6 Å². The topological polar surface area (TPSA) is 48.5 Å². The summed E-state index contributed by atoms with van der Waals surface area (Å²) in [4.78, 5) is 13.6. The van der Waals surface area contributed by atoms with Gasteiger partial charge in [-0.15, -0.1) is 0 Å². The van der Waals surface area contributed by atoms with Crippen LogP contribution in [0.15, 0.2) is 79.4 Å². The van der Waals surface area contributed by atoms with Gasteiger partial charge in [0.25, 0.3) is 0 Å². The molecule has 0 aliphatic carbocycles. The maximum Gasteiger partial charge on any atom is 0.221 e. The van der Waals surface area contributed by atoms with Crippen LogP contribution in [0.25, 0.3) is 33.7 Å². The average Bonchev–Trinajstić information content (AvgIpc) is 3.23. The van der Waals surface area contributed by atoms with Gasteiger partial charge in [-0.25, -0.2) is 9.97 Å². The quantitative estimate of drug-likeness (QED) is 0.499. The van der Waals surface area contributed by atoms with Crippen molar-refractivity contribution in [1.29, 1.82) is 0 Å². The fraction of sp³-hybridized carbons (Fsp3) is 0. The molecule has 0 aliphatic rings. The van der Waals surface area contributed by atoms with Gasteiger partial charge in [-0.1, -0.05) is 24.3 Å². The Balaban J connectivity index is 1.89. The lowest BCUT2D eigenvalue weighted by molar-refractivity contribution is 0.918. The number of aromatic nitrogens is 5. The molecule has 0 aliphatic heterocycles. The molecule has 0 unspecified atom stereocenters. The molecule has 5 aromatic rings. The molecule has 0 amide bonds. The predicted octanol–water partition coefficient (Wildman–Crippen LogP) is 3.76. The Bertz CT molecular complexity index is 1150. The average molecular weight is 311 g/mol. The largest absolute Gasteiger partial charge is 0.277 e. The van der Waals surface area contributed by atoms with E-state index in [-0.39, 0.29) is 0 Å². The second-order valence-corrected chi connectivity index (χ2v) is 5.55. The predicted molar refractivity (Wildman–Crippen MR) is 93.5 cm³/mol. The van der Waals surface area contributed by atoms with E-state index in [1.54, 1.807) is 6.20 Å². The Kier molecular flexibility index (Phi) is 2.72. The molecule has 5 heteroatoms. The zero-order valence-corrected chi connectivity index (χ0v) is 12.7. The van der Waals surface area contributed by atoms with E-state index in [1.807, 2.05) is 65.6 Å². The molecule has 0 atom stereocenters. The summed E-state index contributed by atoms with van der Waals surface area (Å²) in [5.41, 5.74) is 4.92. The highest BCUT2D eigenvalue weighted by Crippen LogP contribution is 2.25. The van der Waals surface area contributed by atoms with E-state index in [2.05, 4.69) is 26.7 Å². The molecule has 3 heterocycles. The van der Waals surface area contributed by atoms with Gasteiger partial charge in [0, 0.05) is 6.20 Å². The zero-order valence-electron chi connectivity index (χ0n) is 12.7. The fourth-order valence-corrected chi connectivity index (χ4v) is 3.03. The van der Waals surface area contributed by atoms with Crippen molar-refractivity contribution in [3.63, 3.8) is 0 Å². The third-order valence-electron chi connectivity index (χ3n) is 4.12. The lowest BCUT2D eigenvalue weighted by Gasteiger charge is -2.09. The molecule has 2 aromatic carbocycles. The summed E-state index contributed by atoms with van der Waals surface area (Å²) >= 11 is 0. The molecule has 0 radical (unpaired) electrons. The van der Waals surface area contributed by atoms with Gasteiger partial charge in [0.2, 0.25) is 5.95 Å². The third-order valence-corrected chi connectivity index (χ3v) is 4.12. The normalized spacial score (nSPS) is 11.3. The fourth-order valence-electron chi connectivity index (χ4n) is 3.03. The van der Waals surface area contributed by atoms with Crippen LogP contribution in [-0.2, 0) is 0 Å². The summed E-state index contributed by atoms with van der Waals surface area (Å²) in [5.74, 6) is 0.804. The number of fused-ring (bicyclic) bond motifs is 2. The van der Waals surface area contributed by atoms with Gasteiger partial charge in [0.1, 0.15) is 6.33 Å². The summed E-state index contributed by atoms with van der Waals surface area (Å²) in [5, 5.41) is 0. The monoisotopic (exact) mass is 311 g/mol. The minimum atomic E-state index is 0.804. The number of nitrogens with zero attached hydrogens (tertiary/aromatic N) is 5. The van der Waals surface area contributed by atoms with E-state index in [1.165, 1.54) is 0 Å². The summed E-state index contributed by atoms with van der Waals surface area (Å²) < 4.78 is 4.12. The molecule has 0 N–H and O–H groups in total. The third kappa shape index (κ3) is 1.85. The second-order valence-electron chi connectivity index (χ2n) is 5.55. The van der Waals surface area contributed by atoms with Crippen molar-refractivity contribution < 1.29 is 0 Å². The lowest BCUT2D eigenvalue weighted by atomic mass is 10.3. The Labute approximate surface area is 137 Å². The highest BCUT2D eigenvalue weighted by atomic mass is 15.3. The minimum absolute atomic E-state index is 0.804. The lowest BCUT2D eigenvalue weighted by Crippen LogP contribution is -2.04. The molecular formula is C19H13N5. The van der Waals surface area contributed by atoms with Crippen LogP contribution in [0, 0.1) is 0 Å². The summed E-state index contributed by atoms with van der Waals surface area (Å²) in [6.07, 6.45) is 5.43. The van der Waals surface area contributed by atoms with Crippen LogP contribution in [0.1, 0.15) is 0 Å². The van der Waals surface area contributed by atoms with Crippen molar-refractivity contribution in [2.24, 2.45) is 0 Å². The van der Waals surface area contributed by atoms with Crippen molar-refractivity contribution in [3.05, 3.63) is 79.4 Å². The van der Waals surface area contributed by atoms with E-state index in [0.29, 0.717) is 0 Å². The molecular weight excluding hydrogens is 298 g/mol. The number of para-hydroxylation sites is 4. The van der Waals surface area contributed by atoms with E-state index in [0.717, 1.165) is 33.7 Å². The van der Waals surface area contributed by atoms with E-state index in [4.69, 9.17) is 4.98 Å². The van der Waals surface area contributed by atoms with Crippen molar-refractivity contribution in [2.75, 3.05) is 0 Å². The van der Waals surface area contributed by atoms with Crippen LogP contribution in [0.2, 0.25) is 0 Å². The highest BCUT2D eigenvalue weighted by Gasteiger charge is 2.15. The molecule has 114 valence electrons. The summed E-state index contributed by atoms with van der Waals surface area (Å²) in [6.45, 7) is 0. The molecule has 0 bridgehead atoms. The molecule has 5 rings (SSSR count).